The Morgan fingerprint density at radius 1 is 1.37 bits per heavy atom. The fourth-order valence-electron chi connectivity index (χ4n) is 2.52. The van der Waals surface area contributed by atoms with Gasteiger partial charge in [0, 0.05) is 31.7 Å². The minimum absolute atomic E-state index is 0.503. The fraction of sp³-hybridized carbons (Fsp3) is 0.714. The van der Waals surface area contributed by atoms with E-state index in [-0.39, 0.29) is 0 Å². The van der Waals surface area contributed by atoms with Crippen molar-refractivity contribution < 1.29 is 4.74 Å². The van der Waals surface area contributed by atoms with Gasteiger partial charge in [0.05, 0.1) is 7.11 Å². The van der Waals surface area contributed by atoms with Crippen molar-refractivity contribution in [3.8, 4) is 5.88 Å². The van der Waals surface area contributed by atoms with Crippen molar-refractivity contribution in [2.24, 2.45) is 5.92 Å². The van der Waals surface area contributed by atoms with E-state index >= 15 is 0 Å². The number of nitrogens with one attached hydrogen (secondary N) is 1. The van der Waals surface area contributed by atoms with Crippen LogP contribution in [0.15, 0.2) is 12.4 Å². The van der Waals surface area contributed by atoms with E-state index in [1.165, 1.54) is 25.7 Å². The van der Waals surface area contributed by atoms with Gasteiger partial charge in [-0.15, -0.1) is 0 Å². The molecule has 1 N–H and O–H groups in total. The lowest BCUT2D eigenvalue weighted by Gasteiger charge is -2.33. The topological polar surface area (TPSA) is 50.3 Å². The third-order valence-electron chi connectivity index (χ3n) is 3.41. The van der Waals surface area contributed by atoms with Crippen LogP contribution in [0.1, 0.15) is 26.7 Å². The zero-order valence-electron chi connectivity index (χ0n) is 12.1. The van der Waals surface area contributed by atoms with Crippen LogP contribution in [0.5, 0.6) is 5.88 Å². The molecule has 1 aliphatic heterocycles. The maximum Gasteiger partial charge on any atom is 0.218 e. The summed E-state index contributed by atoms with van der Waals surface area (Å²) in [6.07, 6.45) is 3.87. The highest BCUT2D eigenvalue weighted by molar-refractivity contribution is 5.38. The van der Waals surface area contributed by atoms with Crippen LogP contribution in [-0.4, -0.2) is 47.7 Å². The fourth-order valence-corrected chi connectivity index (χ4v) is 2.52. The van der Waals surface area contributed by atoms with Gasteiger partial charge in [0.1, 0.15) is 12.1 Å². The van der Waals surface area contributed by atoms with Crippen molar-refractivity contribution in [2.75, 3.05) is 32.1 Å². The van der Waals surface area contributed by atoms with Crippen molar-refractivity contribution in [3.05, 3.63) is 12.4 Å². The third kappa shape index (κ3) is 4.35. The van der Waals surface area contributed by atoms with Crippen molar-refractivity contribution in [3.63, 3.8) is 0 Å². The second-order valence-electron chi connectivity index (χ2n) is 5.56. The number of piperidine rings is 1. The van der Waals surface area contributed by atoms with Crippen LogP contribution in [0.25, 0.3) is 0 Å². The van der Waals surface area contributed by atoms with Crippen molar-refractivity contribution >= 4 is 5.82 Å². The summed E-state index contributed by atoms with van der Waals surface area (Å²) in [6.45, 7) is 8.08. The number of nitrogens with zero attached hydrogens (tertiary/aromatic N) is 3. The first kappa shape index (κ1) is 14.1. The quantitative estimate of drug-likeness (QED) is 0.881. The molecule has 0 aromatic carbocycles. The van der Waals surface area contributed by atoms with Crippen molar-refractivity contribution in [1.82, 2.24) is 14.9 Å². The molecule has 2 heterocycles. The maximum atomic E-state index is 5.11. The average Bonchev–Trinajstić information content (AvgIpc) is 2.41. The van der Waals surface area contributed by atoms with E-state index in [4.69, 9.17) is 4.74 Å². The molecule has 0 amide bonds. The first-order chi connectivity index (χ1) is 9.17. The third-order valence-corrected chi connectivity index (χ3v) is 3.41. The molecular formula is C14H24N4O. The predicted octanol–water partition coefficient (Wildman–Crippen LogP) is 2.02. The normalized spacial score (nSPS) is 17.7. The van der Waals surface area contributed by atoms with Crippen LogP contribution >= 0.6 is 0 Å². The second-order valence-corrected chi connectivity index (χ2v) is 5.56. The number of ether oxygens (including phenoxy) is 1. The van der Waals surface area contributed by atoms with Crippen LogP contribution in [0.4, 0.5) is 5.82 Å². The number of anilines is 1. The van der Waals surface area contributed by atoms with E-state index in [1.54, 1.807) is 7.11 Å². The van der Waals surface area contributed by atoms with E-state index in [9.17, 15) is 0 Å². The summed E-state index contributed by atoms with van der Waals surface area (Å²) < 4.78 is 5.11. The Labute approximate surface area is 115 Å². The summed E-state index contributed by atoms with van der Waals surface area (Å²) in [6, 6.07) is 2.35. The van der Waals surface area contributed by atoms with E-state index in [0.717, 1.165) is 24.8 Å². The van der Waals surface area contributed by atoms with Crippen LogP contribution in [-0.2, 0) is 0 Å². The molecule has 1 aliphatic rings. The smallest absolute Gasteiger partial charge is 0.218 e. The molecule has 1 fully saturated rings. The lowest BCUT2D eigenvalue weighted by molar-refractivity contribution is 0.198. The molecule has 106 valence electrons. The van der Waals surface area contributed by atoms with Gasteiger partial charge in [-0.3, -0.25) is 0 Å². The summed E-state index contributed by atoms with van der Waals surface area (Å²) in [4.78, 5) is 10.8. The Balaban J connectivity index is 1.81. The van der Waals surface area contributed by atoms with Crippen LogP contribution < -0.4 is 10.1 Å². The average molecular weight is 264 g/mol. The number of methoxy groups -OCH3 is 1. The Kier molecular flexibility index (Phi) is 4.96. The van der Waals surface area contributed by atoms with E-state index in [2.05, 4.69) is 34.0 Å². The molecule has 0 unspecified atom stereocenters. The Bertz CT molecular complexity index is 389. The molecule has 2 rings (SSSR count). The summed E-state index contributed by atoms with van der Waals surface area (Å²) in [5.74, 6) is 2.21. The highest BCUT2D eigenvalue weighted by atomic mass is 16.5. The number of hydrogen-bond acceptors (Lipinski definition) is 5. The van der Waals surface area contributed by atoms with E-state index < -0.39 is 0 Å². The van der Waals surface area contributed by atoms with Crippen LogP contribution in [0, 0.1) is 5.92 Å². The highest BCUT2D eigenvalue weighted by Crippen LogP contribution is 2.17. The van der Waals surface area contributed by atoms with Gasteiger partial charge in [0.2, 0.25) is 5.88 Å². The molecule has 1 aromatic heterocycles. The zero-order chi connectivity index (χ0) is 13.7. The molecule has 0 aliphatic carbocycles. The Morgan fingerprint density at radius 3 is 2.74 bits per heavy atom. The number of rotatable bonds is 5. The maximum absolute atomic E-state index is 5.11. The lowest BCUT2D eigenvalue weighted by atomic mass is 10.0. The molecule has 19 heavy (non-hydrogen) atoms. The van der Waals surface area contributed by atoms with Crippen molar-refractivity contribution in [1.29, 1.82) is 0 Å². The van der Waals surface area contributed by atoms with Gasteiger partial charge in [0.15, 0.2) is 0 Å². The first-order valence-electron chi connectivity index (χ1n) is 7.02. The Hall–Kier alpha value is -1.36. The van der Waals surface area contributed by atoms with Gasteiger partial charge in [-0.1, -0.05) is 13.8 Å². The van der Waals surface area contributed by atoms with Gasteiger partial charge in [-0.2, -0.15) is 0 Å². The van der Waals surface area contributed by atoms with Gasteiger partial charge < -0.3 is 15.0 Å². The van der Waals surface area contributed by atoms with Crippen molar-refractivity contribution in [2.45, 2.75) is 32.7 Å². The van der Waals surface area contributed by atoms with Gasteiger partial charge in [0.25, 0.3) is 0 Å². The molecule has 5 heteroatoms. The number of likely N-dealkylation sites (tertiary alicyclic amines) is 1. The molecule has 0 spiro atoms. The number of aromatic nitrogens is 2. The molecule has 0 atom stereocenters. The predicted molar refractivity (Wildman–Crippen MR) is 76.5 cm³/mol. The molecule has 0 radical (unpaired) electrons. The minimum Gasteiger partial charge on any atom is -0.481 e. The second kappa shape index (κ2) is 6.70. The summed E-state index contributed by atoms with van der Waals surface area (Å²) in [5, 5.41) is 3.47. The molecule has 5 nitrogen and oxygen atoms in total. The summed E-state index contributed by atoms with van der Waals surface area (Å²) in [5.41, 5.74) is 0. The molecular weight excluding hydrogens is 240 g/mol. The van der Waals surface area contributed by atoms with Gasteiger partial charge >= 0.3 is 0 Å². The van der Waals surface area contributed by atoms with E-state index in [0.29, 0.717) is 11.9 Å². The molecule has 1 saturated heterocycles. The largest absolute Gasteiger partial charge is 0.481 e. The summed E-state index contributed by atoms with van der Waals surface area (Å²) in [7, 11) is 1.62. The first-order valence-corrected chi connectivity index (χ1v) is 7.02. The molecule has 1 aromatic rings. The monoisotopic (exact) mass is 264 g/mol. The summed E-state index contributed by atoms with van der Waals surface area (Å²) >= 11 is 0. The zero-order valence-corrected chi connectivity index (χ0v) is 12.1. The van der Waals surface area contributed by atoms with E-state index in [1.807, 2.05) is 6.07 Å². The highest BCUT2D eigenvalue weighted by Gasteiger charge is 2.19. The SMILES string of the molecule is COc1cc(NC2CCN(CC(C)C)CC2)ncn1. The van der Waals surface area contributed by atoms with Gasteiger partial charge in [-0.25, -0.2) is 9.97 Å². The number of hydrogen-bond donors (Lipinski definition) is 1. The van der Waals surface area contributed by atoms with Gasteiger partial charge in [-0.05, 0) is 18.8 Å². The molecule has 0 saturated carbocycles. The van der Waals surface area contributed by atoms with Crippen LogP contribution in [0.3, 0.4) is 0 Å². The lowest BCUT2D eigenvalue weighted by Crippen LogP contribution is -2.40. The minimum atomic E-state index is 0.503. The molecule has 0 bridgehead atoms. The Morgan fingerprint density at radius 2 is 2.11 bits per heavy atom. The van der Waals surface area contributed by atoms with Crippen LogP contribution in [0.2, 0.25) is 0 Å². The standard InChI is InChI=1S/C14H24N4O/c1-11(2)9-18-6-4-12(5-7-18)17-13-8-14(19-3)16-10-15-13/h8,10-12H,4-7,9H2,1-3H3,(H,15,16,17).